The van der Waals surface area contributed by atoms with Crippen molar-refractivity contribution in [1.29, 1.82) is 0 Å². The number of carbonyl (C=O) groups excluding carboxylic acids is 2. The normalized spacial score (nSPS) is 23.1. The molecule has 6 rings (SSSR count). The zero-order valence-electron chi connectivity index (χ0n) is 21.4. The highest BCUT2D eigenvalue weighted by Gasteiger charge is 2.62. The number of nitrogens with zero attached hydrogens (tertiary/aromatic N) is 1. The van der Waals surface area contributed by atoms with Gasteiger partial charge in [-0.05, 0) is 64.7 Å². The quantitative estimate of drug-likeness (QED) is 0.252. The number of fused-ring (bicyclic) bond motifs is 5. The van der Waals surface area contributed by atoms with Crippen LogP contribution in [0.5, 0.6) is 11.5 Å². The minimum atomic E-state index is -4.73. The fraction of sp³-hybridized carbons (Fsp3) is 0.226. The van der Waals surface area contributed by atoms with Crippen molar-refractivity contribution in [3.63, 3.8) is 0 Å². The summed E-state index contributed by atoms with van der Waals surface area (Å²) >= 11 is 5.78. The molecule has 204 valence electrons. The Labute approximate surface area is 233 Å². The van der Waals surface area contributed by atoms with E-state index in [-0.39, 0.29) is 17.5 Å². The zero-order chi connectivity index (χ0) is 28.3. The molecule has 4 atom stereocenters. The Morgan fingerprint density at radius 1 is 0.775 bits per heavy atom. The first-order chi connectivity index (χ1) is 19.1. The summed E-state index contributed by atoms with van der Waals surface area (Å²) < 4.78 is 51.2. The first-order valence-corrected chi connectivity index (χ1v) is 13.0. The summed E-state index contributed by atoms with van der Waals surface area (Å²) in [7, 11) is 3.17. The maximum Gasteiger partial charge on any atom is 0.417 e. The fourth-order valence-corrected chi connectivity index (χ4v) is 6.46. The maximum atomic E-state index is 13.7. The van der Waals surface area contributed by atoms with Gasteiger partial charge in [0.15, 0.2) is 0 Å². The van der Waals surface area contributed by atoms with Crippen molar-refractivity contribution < 1.29 is 32.2 Å². The van der Waals surface area contributed by atoms with Crippen LogP contribution in [-0.2, 0) is 15.8 Å². The van der Waals surface area contributed by atoms with Crippen molar-refractivity contribution in [2.24, 2.45) is 23.7 Å². The average Bonchev–Trinajstić information content (AvgIpc) is 3.58. The van der Waals surface area contributed by atoms with Gasteiger partial charge in [0.25, 0.3) is 0 Å². The van der Waals surface area contributed by atoms with E-state index in [9.17, 15) is 22.8 Å². The third-order valence-electron chi connectivity index (χ3n) is 7.98. The van der Waals surface area contributed by atoms with Gasteiger partial charge in [-0.1, -0.05) is 48.0 Å². The van der Waals surface area contributed by atoms with Crippen LogP contribution in [0.15, 0.2) is 84.5 Å². The van der Waals surface area contributed by atoms with Crippen LogP contribution in [-0.4, -0.2) is 26.0 Å². The lowest BCUT2D eigenvalue weighted by Crippen LogP contribution is -2.33. The predicted molar refractivity (Wildman–Crippen MR) is 144 cm³/mol. The molecule has 2 bridgehead atoms. The van der Waals surface area contributed by atoms with Crippen LogP contribution in [0.25, 0.3) is 5.57 Å². The second-order valence-corrected chi connectivity index (χ2v) is 10.4. The van der Waals surface area contributed by atoms with Gasteiger partial charge in [0, 0.05) is 11.8 Å². The van der Waals surface area contributed by atoms with E-state index in [1.54, 1.807) is 14.2 Å². The van der Waals surface area contributed by atoms with Gasteiger partial charge in [0.1, 0.15) is 11.5 Å². The number of carbonyl (C=O) groups is 2. The largest absolute Gasteiger partial charge is 0.497 e. The summed E-state index contributed by atoms with van der Waals surface area (Å²) in [5, 5.41) is -0.494. The lowest BCUT2D eigenvalue weighted by molar-refractivity contribution is -0.137. The molecule has 3 aromatic carbocycles. The molecule has 3 aromatic rings. The lowest BCUT2D eigenvalue weighted by atomic mass is 9.85. The number of hydrogen-bond acceptors (Lipinski definition) is 4. The van der Waals surface area contributed by atoms with Crippen LogP contribution in [0.4, 0.5) is 18.9 Å². The number of anilines is 1. The van der Waals surface area contributed by atoms with E-state index in [0.29, 0.717) is 11.5 Å². The van der Waals surface area contributed by atoms with E-state index in [2.05, 4.69) is 0 Å². The molecular weight excluding hydrogens is 543 g/mol. The molecule has 2 amide bonds. The van der Waals surface area contributed by atoms with Gasteiger partial charge in [-0.15, -0.1) is 0 Å². The fourth-order valence-electron chi connectivity index (χ4n) is 6.24. The molecule has 1 saturated carbocycles. The lowest BCUT2D eigenvalue weighted by Gasteiger charge is -2.22. The SMILES string of the molecule is COc1ccc(C(=C2[C@H]3C=C[C@H]2[C@H]2C(=O)N(c4ccc(Cl)c(C(F)(F)F)c4)C(=O)[C@@H]23)c2ccc(OC)cc2)cc1. The third-order valence-corrected chi connectivity index (χ3v) is 8.30. The third kappa shape index (κ3) is 4.01. The van der Waals surface area contributed by atoms with E-state index in [4.69, 9.17) is 21.1 Å². The number of alkyl halides is 3. The van der Waals surface area contributed by atoms with E-state index in [0.717, 1.165) is 39.3 Å². The van der Waals surface area contributed by atoms with Crippen molar-refractivity contribution in [1.82, 2.24) is 0 Å². The van der Waals surface area contributed by atoms with E-state index in [1.807, 2.05) is 60.7 Å². The standard InChI is InChI=1S/C31H23ClF3NO4/c1-39-19-8-3-16(4-9-19)25(17-5-10-20(40-2)11-6-17)26-21-12-13-22(26)28-27(21)29(37)36(30(28)38)18-7-14-24(32)23(15-18)31(33,34)35/h3-15,21-22,27-28H,1-2H3/t21-,22-,27-,28-/m1/s1. The van der Waals surface area contributed by atoms with Crippen LogP contribution in [0.1, 0.15) is 16.7 Å². The maximum absolute atomic E-state index is 13.7. The molecule has 40 heavy (non-hydrogen) atoms. The minimum Gasteiger partial charge on any atom is -0.497 e. The number of amides is 2. The number of rotatable bonds is 5. The number of halogens is 4. The molecule has 0 radical (unpaired) electrons. The number of methoxy groups -OCH3 is 2. The molecule has 0 N–H and O–H groups in total. The minimum absolute atomic E-state index is 0.128. The molecule has 2 aliphatic carbocycles. The molecule has 3 aliphatic rings. The number of benzene rings is 3. The van der Waals surface area contributed by atoms with Crippen molar-refractivity contribution in [2.45, 2.75) is 6.18 Å². The predicted octanol–water partition coefficient (Wildman–Crippen LogP) is 6.80. The van der Waals surface area contributed by atoms with Crippen LogP contribution < -0.4 is 14.4 Å². The molecule has 2 fully saturated rings. The number of ether oxygens (including phenoxy) is 2. The monoisotopic (exact) mass is 565 g/mol. The summed E-state index contributed by atoms with van der Waals surface area (Å²) in [5.41, 5.74) is 2.41. The summed E-state index contributed by atoms with van der Waals surface area (Å²) in [6.45, 7) is 0. The van der Waals surface area contributed by atoms with Gasteiger partial charge in [-0.3, -0.25) is 9.59 Å². The first kappa shape index (κ1) is 26.2. The number of hydrogen-bond donors (Lipinski definition) is 0. The highest BCUT2D eigenvalue weighted by molar-refractivity contribution is 6.31. The van der Waals surface area contributed by atoms with Crippen LogP contribution in [0.2, 0.25) is 5.02 Å². The van der Waals surface area contributed by atoms with Crippen molar-refractivity contribution in [3.05, 3.63) is 106 Å². The molecule has 1 saturated heterocycles. The molecular formula is C31H23ClF3NO4. The van der Waals surface area contributed by atoms with Gasteiger partial charge in [0.05, 0.1) is 42.3 Å². The molecule has 9 heteroatoms. The Kier molecular flexibility index (Phi) is 6.26. The summed E-state index contributed by atoms with van der Waals surface area (Å²) in [6, 6.07) is 18.2. The van der Waals surface area contributed by atoms with Crippen molar-refractivity contribution >= 4 is 34.7 Å². The van der Waals surface area contributed by atoms with Crippen LogP contribution >= 0.6 is 11.6 Å². The van der Waals surface area contributed by atoms with E-state index >= 15 is 0 Å². The van der Waals surface area contributed by atoms with E-state index in [1.165, 1.54) is 6.07 Å². The molecule has 1 heterocycles. The topological polar surface area (TPSA) is 55.8 Å². The Balaban J connectivity index is 1.45. The molecule has 1 aliphatic heterocycles. The second-order valence-electron chi connectivity index (χ2n) is 9.95. The van der Waals surface area contributed by atoms with E-state index < -0.39 is 40.4 Å². The summed E-state index contributed by atoms with van der Waals surface area (Å²) in [4.78, 5) is 28.4. The Morgan fingerprint density at radius 3 is 1.68 bits per heavy atom. The zero-order valence-corrected chi connectivity index (χ0v) is 22.2. The molecule has 0 spiro atoms. The number of imide groups is 1. The van der Waals surface area contributed by atoms with Gasteiger partial charge in [0.2, 0.25) is 11.8 Å². The van der Waals surface area contributed by atoms with Crippen LogP contribution in [0.3, 0.4) is 0 Å². The Hall–Kier alpha value is -4.04. The smallest absolute Gasteiger partial charge is 0.417 e. The van der Waals surface area contributed by atoms with Crippen molar-refractivity contribution in [2.75, 3.05) is 19.1 Å². The average molecular weight is 566 g/mol. The van der Waals surface area contributed by atoms with Gasteiger partial charge < -0.3 is 9.47 Å². The first-order valence-electron chi connectivity index (χ1n) is 12.6. The van der Waals surface area contributed by atoms with Gasteiger partial charge in [-0.25, -0.2) is 4.90 Å². The highest BCUT2D eigenvalue weighted by Crippen LogP contribution is 2.59. The summed E-state index contributed by atoms with van der Waals surface area (Å²) in [5.74, 6) is -1.84. The Morgan fingerprint density at radius 2 is 1.25 bits per heavy atom. The second kappa shape index (κ2) is 9.55. The Bertz CT molecular complexity index is 1490. The van der Waals surface area contributed by atoms with Crippen LogP contribution in [0, 0.1) is 23.7 Å². The molecule has 5 nitrogen and oxygen atoms in total. The summed E-state index contributed by atoms with van der Waals surface area (Å²) in [6.07, 6.45) is -0.852. The highest BCUT2D eigenvalue weighted by atomic mass is 35.5. The van der Waals surface area contributed by atoms with Gasteiger partial charge >= 0.3 is 6.18 Å². The molecule has 0 aromatic heterocycles. The van der Waals surface area contributed by atoms with Crippen molar-refractivity contribution in [3.8, 4) is 11.5 Å². The molecule has 0 unspecified atom stereocenters. The van der Waals surface area contributed by atoms with Gasteiger partial charge in [-0.2, -0.15) is 13.2 Å². The number of allylic oxidation sites excluding steroid dienone is 3.